The number of hydrogen-bond donors (Lipinski definition) is 1. The second-order valence-corrected chi connectivity index (χ2v) is 7.02. The minimum absolute atomic E-state index is 0.175. The van der Waals surface area contributed by atoms with Crippen LogP contribution in [0.25, 0.3) is 0 Å². The van der Waals surface area contributed by atoms with Gasteiger partial charge in [-0.25, -0.2) is 13.1 Å². The number of benzene rings is 1. The van der Waals surface area contributed by atoms with Crippen LogP contribution < -0.4 is 4.72 Å². The summed E-state index contributed by atoms with van der Waals surface area (Å²) in [7, 11) is -3.48. The summed E-state index contributed by atoms with van der Waals surface area (Å²) in [5, 5.41) is 0. The molecule has 0 fully saturated rings. The first-order chi connectivity index (χ1) is 7.33. The monoisotopic (exact) mass is 367 g/mol. The summed E-state index contributed by atoms with van der Waals surface area (Å²) >= 11 is 6.35. The van der Waals surface area contributed by atoms with Crippen LogP contribution >= 0.6 is 31.9 Å². The van der Waals surface area contributed by atoms with Gasteiger partial charge in [-0.05, 0) is 24.6 Å². The Morgan fingerprint density at radius 1 is 1.50 bits per heavy atom. The van der Waals surface area contributed by atoms with Crippen LogP contribution in [0.2, 0.25) is 0 Å². The molecule has 1 aromatic carbocycles. The maximum absolute atomic E-state index is 11.9. The van der Waals surface area contributed by atoms with E-state index in [0.29, 0.717) is 10.0 Å². The maximum atomic E-state index is 11.9. The van der Waals surface area contributed by atoms with Crippen LogP contribution in [0, 0.1) is 6.92 Å². The molecule has 16 heavy (non-hydrogen) atoms. The van der Waals surface area contributed by atoms with Crippen LogP contribution in [0.3, 0.4) is 0 Å². The highest BCUT2D eigenvalue weighted by molar-refractivity contribution is 9.11. The van der Waals surface area contributed by atoms with Crippen LogP contribution in [0.4, 0.5) is 0 Å². The SMILES string of the molecule is C=C(Br)CNS(=O)(=O)c1cc(Br)ccc1C. The third kappa shape index (κ3) is 3.69. The lowest BCUT2D eigenvalue weighted by Crippen LogP contribution is -2.25. The molecule has 1 rings (SSSR count). The predicted molar refractivity (Wildman–Crippen MR) is 72.1 cm³/mol. The van der Waals surface area contributed by atoms with Crippen molar-refractivity contribution >= 4 is 41.9 Å². The van der Waals surface area contributed by atoms with E-state index in [0.717, 1.165) is 4.47 Å². The van der Waals surface area contributed by atoms with Crippen LogP contribution in [0.1, 0.15) is 5.56 Å². The van der Waals surface area contributed by atoms with Gasteiger partial charge in [0.15, 0.2) is 0 Å². The van der Waals surface area contributed by atoms with Crippen LogP contribution in [-0.4, -0.2) is 15.0 Å². The molecule has 1 N–H and O–H groups in total. The third-order valence-corrected chi connectivity index (χ3v) is 4.21. The first-order valence-electron chi connectivity index (χ1n) is 4.42. The van der Waals surface area contributed by atoms with E-state index in [-0.39, 0.29) is 11.4 Å². The molecule has 1 aromatic rings. The highest BCUT2D eigenvalue weighted by Crippen LogP contribution is 2.20. The van der Waals surface area contributed by atoms with Gasteiger partial charge in [0.05, 0.1) is 4.90 Å². The average Bonchev–Trinajstić information content (AvgIpc) is 2.19. The zero-order valence-electron chi connectivity index (χ0n) is 8.63. The summed E-state index contributed by atoms with van der Waals surface area (Å²) in [6.07, 6.45) is 0. The first kappa shape index (κ1) is 13.9. The Morgan fingerprint density at radius 3 is 2.69 bits per heavy atom. The van der Waals surface area contributed by atoms with E-state index in [2.05, 4.69) is 43.2 Å². The minimum atomic E-state index is -3.48. The molecular weight excluding hydrogens is 358 g/mol. The first-order valence-corrected chi connectivity index (χ1v) is 7.49. The van der Waals surface area contributed by atoms with Crippen molar-refractivity contribution < 1.29 is 8.42 Å². The molecule has 88 valence electrons. The van der Waals surface area contributed by atoms with Crippen LogP contribution in [0.15, 0.2) is 38.6 Å². The van der Waals surface area contributed by atoms with E-state index in [1.165, 1.54) is 0 Å². The van der Waals surface area contributed by atoms with E-state index < -0.39 is 10.0 Å². The Morgan fingerprint density at radius 2 is 2.12 bits per heavy atom. The van der Waals surface area contributed by atoms with Crippen molar-refractivity contribution in [1.82, 2.24) is 4.72 Å². The molecule has 0 atom stereocenters. The zero-order chi connectivity index (χ0) is 12.3. The van der Waals surface area contributed by atoms with Crippen molar-refractivity contribution in [2.45, 2.75) is 11.8 Å². The van der Waals surface area contributed by atoms with Crippen LogP contribution in [0.5, 0.6) is 0 Å². The normalized spacial score (nSPS) is 11.4. The second-order valence-electron chi connectivity index (χ2n) is 3.25. The molecule has 0 radical (unpaired) electrons. The van der Waals surface area contributed by atoms with E-state index in [1.54, 1.807) is 25.1 Å². The molecule has 0 spiro atoms. The van der Waals surface area contributed by atoms with E-state index in [1.807, 2.05) is 0 Å². The predicted octanol–water partition coefficient (Wildman–Crippen LogP) is 2.94. The van der Waals surface area contributed by atoms with Crippen molar-refractivity contribution in [3.05, 3.63) is 39.3 Å². The molecule has 0 aliphatic heterocycles. The number of nitrogens with one attached hydrogen (secondary N) is 1. The van der Waals surface area contributed by atoms with Gasteiger partial charge < -0.3 is 0 Å². The Balaban J connectivity index is 3.07. The summed E-state index contributed by atoms with van der Waals surface area (Å²) in [5.41, 5.74) is 0.705. The fourth-order valence-corrected chi connectivity index (χ4v) is 3.25. The summed E-state index contributed by atoms with van der Waals surface area (Å²) in [5.74, 6) is 0. The quantitative estimate of drug-likeness (QED) is 0.887. The van der Waals surface area contributed by atoms with E-state index in [4.69, 9.17) is 0 Å². The molecule has 0 unspecified atom stereocenters. The number of aryl methyl sites for hydroxylation is 1. The average molecular weight is 369 g/mol. The second kappa shape index (κ2) is 5.44. The Hall–Kier alpha value is -0.170. The van der Waals surface area contributed by atoms with Crippen molar-refractivity contribution in [3.8, 4) is 0 Å². The van der Waals surface area contributed by atoms with Crippen molar-refractivity contribution in [2.75, 3.05) is 6.54 Å². The molecule has 0 saturated carbocycles. The van der Waals surface area contributed by atoms with E-state index in [9.17, 15) is 8.42 Å². The van der Waals surface area contributed by atoms with E-state index >= 15 is 0 Å². The maximum Gasteiger partial charge on any atom is 0.241 e. The topological polar surface area (TPSA) is 46.2 Å². The fraction of sp³-hybridized carbons (Fsp3) is 0.200. The summed E-state index contributed by atoms with van der Waals surface area (Å²) in [6, 6.07) is 5.13. The molecule has 0 aliphatic rings. The Bertz CT molecular complexity index is 512. The molecule has 0 aliphatic carbocycles. The van der Waals surface area contributed by atoms with Gasteiger partial charge in [0.25, 0.3) is 0 Å². The van der Waals surface area contributed by atoms with Gasteiger partial charge in [0.1, 0.15) is 0 Å². The summed E-state index contributed by atoms with van der Waals surface area (Å²) in [6.45, 7) is 5.50. The molecule has 6 heteroatoms. The molecule has 0 aromatic heterocycles. The highest BCUT2D eigenvalue weighted by Gasteiger charge is 2.16. The lowest BCUT2D eigenvalue weighted by molar-refractivity contribution is 0.585. The minimum Gasteiger partial charge on any atom is -0.207 e. The molecule has 0 saturated heterocycles. The summed E-state index contributed by atoms with van der Waals surface area (Å²) in [4.78, 5) is 0.274. The van der Waals surface area contributed by atoms with Gasteiger partial charge in [-0.3, -0.25) is 0 Å². The number of rotatable bonds is 4. The molecule has 3 nitrogen and oxygen atoms in total. The van der Waals surface area contributed by atoms with Gasteiger partial charge in [-0.2, -0.15) is 0 Å². The lowest BCUT2D eigenvalue weighted by atomic mass is 10.2. The van der Waals surface area contributed by atoms with Gasteiger partial charge in [0.2, 0.25) is 10.0 Å². The fourth-order valence-electron chi connectivity index (χ4n) is 1.11. The van der Waals surface area contributed by atoms with Crippen molar-refractivity contribution in [2.24, 2.45) is 0 Å². The third-order valence-electron chi connectivity index (χ3n) is 1.89. The number of halogens is 2. The molecule has 0 heterocycles. The smallest absolute Gasteiger partial charge is 0.207 e. The molecular formula is C10H11Br2NO2S. The van der Waals surface area contributed by atoms with Gasteiger partial charge in [0, 0.05) is 15.5 Å². The van der Waals surface area contributed by atoms with Crippen molar-refractivity contribution in [3.63, 3.8) is 0 Å². The van der Waals surface area contributed by atoms with Gasteiger partial charge in [-0.15, -0.1) is 0 Å². The summed E-state index contributed by atoms with van der Waals surface area (Å²) < 4.78 is 27.6. The largest absolute Gasteiger partial charge is 0.241 e. The van der Waals surface area contributed by atoms with Crippen molar-refractivity contribution in [1.29, 1.82) is 0 Å². The van der Waals surface area contributed by atoms with Crippen LogP contribution in [-0.2, 0) is 10.0 Å². The van der Waals surface area contributed by atoms with Gasteiger partial charge >= 0.3 is 0 Å². The Labute approximate surface area is 112 Å². The molecule has 0 bridgehead atoms. The standard InChI is InChI=1S/C10H11Br2NO2S/c1-7-3-4-9(12)5-10(7)16(14,15)13-6-8(2)11/h3-5,13H,2,6H2,1H3. The number of hydrogen-bond acceptors (Lipinski definition) is 2. The lowest BCUT2D eigenvalue weighted by Gasteiger charge is -2.09. The highest BCUT2D eigenvalue weighted by atomic mass is 79.9. The zero-order valence-corrected chi connectivity index (χ0v) is 12.6. The number of sulfonamides is 1. The Kier molecular flexibility index (Phi) is 4.73. The molecule has 0 amide bonds. The van der Waals surface area contributed by atoms with Gasteiger partial charge in [-0.1, -0.05) is 44.5 Å².